The van der Waals surface area contributed by atoms with Crippen LogP contribution in [0.3, 0.4) is 0 Å². The van der Waals surface area contributed by atoms with Crippen LogP contribution in [-0.4, -0.2) is 29.1 Å². The molecule has 0 bridgehead atoms. The zero-order valence-electron chi connectivity index (χ0n) is 15.0. The van der Waals surface area contributed by atoms with Crippen molar-refractivity contribution >= 4 is 6.29 Å². The minimum atomic E-state index is -0.630. The third-order valence-corrected chi connectivity index (χ3v) is 4.98. The normalized spacial score (nSPS) is 15.2. The number of carbonyl (C=O) groups is 1. The summed E-state index contributed by atoms with van der Waals surface area (Å²) in [5.74, 6) is -1.35. The SMILES string of the molecule is O=CC(CO)CCCc1c(F)cc(-c2cccnc2OC2CCC2)cc1F. The molecule has 1 aliphatic carbocycles. The molecule has 27 heavy (non-hydrogen) atoms. The summed E-state index contributed by atoms with van der Waals surface area (Å²) >= 11 is 0. The molecule has 3 rings (SSSR count). The lowest BCUT2D eigenvalue weighted by Gasteiger charge is -2.26. The van der Waals surface area contributed by atoms with Crippen LogP contribution in [0.2, 0.25) is 0 Å². The average molecular weight is 375 g/mol. The Balaban J connectivity index is 1.77. The average Bonchev–Trinajstić information content (AvgIpc) is 2.64. The third kappa shape index (κ3) is 4.69. The first-order valence-electron chi connectivity index (χ1n) is 9.28. The maximum absolute atomic E-state index is 14.5. The van der Waals surface area contributed by atoms with Crippen LogP contribution in [0.5, 0.6) is 5.88 Å². The Kier molecular flexibility index (Phi) is 6.50. The Morgan fingerprint density at radius 1 is 1.30 bits per heavy atom. The van der Waals surface area contributed by atoms with Gasteiger partial charge in [-0.05, 0) is 68.4 Å². The van der Waals surface area contributed by atoms with Gasteiger partial charge in [0.25, 0.3) is 0 Å². The van der Waals surface area contributed by atoms with E-state index in [0.29, 0.717) is 36.1 Å². The fraction of sp³-hybridized carbons (Fsp3) is 0.429. The van der Waals surface area contributed by atoms with E-state index in [1.807, 2.05) is 0 Å². The molecule has 1 unspecified atom stereocenters. The first kappa shape index (κ1) is 19.4. The van der Waals surface area contributed by atoms with Gasteiger partial charge in [-0.1, -0.05) is 0 Å². The smallest absolute Gasteiger partial charge is 0.221 e. The fourth-order valence-electron chi connectivity index (χ4n) is 3.09. The molecular formula is C21H23F2NO3. The summed E-state index contributed by atoms with van der Waals surface area (Å²) in [5, 5.41) is 9.01. The summed E-state index contributed by atoms with van der Waals surface area (Å²) in [4.78, 5) is 14.9. The van der Waals surface area contributed by atoms with Gasteiger partial charge in [0.05, 0.1) is 6.61 Å². The minimum absolute atomic E-state index is 0.00769. The van der Waals surface area contributed by atoms with E-state index in [0.717, 1.165) is 19.3 Å². The largest absolute Gasteiger partial charge is 0.474 e. The highest BCUT2D eigenvalue weighted by Crippen LogP contribution is 2.33. The van der Waals surface area contributed by atoms with Gasteiger partial charge in [-0.25, -0.2) is 13.8 Å². The Hall–Kier alpha value is -2.34. The maximum atomic E-state index is 14.5. The molecule has 0 saturated heterocycles. The number of hydrogen-bond acceptors (Lipinski definition) is 4. The summed E-state index contributed by atoms with van der Waals surface area (Å²) in [6.07, 6.45) is 6.41. The molecule has 1 heterocycles. The summed E-state index contributed by atoms with van der Waals surface area (Å²) < 4.78 is 34.9. The lowest BCUT2D eigenvalue weighted by Crippen LogP contribution is -2.25. The number of pyridine rings is 1. The molecule has 144 valence electrons. The lowest BCUT2D eigenvalue weighted by molar-refractivity contribution is -0.112. The van der Waals surface area contributed by atoms with Gasteiger partial charge in [0, 0.05) is 23.2 Å². The molecule has 2 aromatic rings. The zero-order valence-corrected chi connectivity index (χ0v) is 15.0. The van der Waals surface area contributed by atoms with Gasteiger partial charge in [-0.15, -0.1) is 0 Å². The maximum Gasteiger partial charge on any atom is 0.221 e. The van der Waals surface area contributed by atoms with Crippen molar-refractivity contribution < 1.29 is 23.4 Å². The van der Waals surface area contributed by atoms with Crippen molar-refractivity contribution in [3.63, 3.8) is 0 Å². The van der Waals surface area contributed by atoms with Crippen LogP contribution in [-0.2, 0) is 11.2 Å². The van der Waals surface area contributed by atoms with Crippen LogP contribution in [0.1, 0.15) is 37.7 Å². The van der Waals surface area contributed by atoms with Crippen molar-refractivity contribution in [2.75, 3.05) is 6.61 Å². The first-order chi connectivity index (χ1) is 13.1. The molecule has 0 radical (unpaired) electrons. The number of nitrogens with zero attached hydrogens (tertiary/aromatic N) is 1. The number of ether oxygens (including phenoxy) is 1. The number of benzene rings is 1. The minimum Gasteiger partial charge on any atom is -0.474 e. The van der Waals surface area contributed by atoms with Crippen LogP contribution in [0.4, 0.5) is 8.78 Å². The number of rotatable bonds is 9. The number of aromatic nitrogens is 1. The van der Waals surface area contributed by atoms with E-state index in [1.54, 1.807) is 18.3 Å². The van der Waals surface area contributed by atoms with Crippen LogP contribution >= 0.6 is 0 Å². The molecule has 1 aromatic carbocycles. The highest BCUT2D eigenvalue weighted by molar-refractivity contribution is 5.69. The van der Waals surface area contributed by atoms with Crippen molar-refractivity contribution in [3.05, 3.63) is 47.7 Å². The van der Waals surface area contributed by atoms with Gasteiger partial charge in [0.15, 0.2) is 0 Å². The summed E-state index contributed by atoms with van der Waals surface area (Å²) in [6.45, 7) is -0.252. The van der Waals surface area contributed by atoms with Crippen molar-refractivity contribution in [1.29, 1.82) is 0 Å². The Morgan fingerprint density at radius 2 is 2.04 bits per heavy atom. The molecule has 1 saturated carbocycles. The molecule has 0 amide bonds. The number of aliphatic hydroxyl groups is 1. The quantitative estimate of drug-likeness (QED) is 0.671. The Labute approximate surface area is 157 Å². The third-order valence-electron chi connectivity index (χ3n) is 4.98. The van der Waals surface area contributed by atoms with Gasteiger partial charge in [0.1, 0.15) is 24.0 Å². The van der Waals surface area contributed by atoms with Crippen LogP contribution in [0.25, 0.3) is 11.1 Å². The van der Waals surface area contributed by atoms with Gasteiger partial charge in [-0.3, -0.25) is 0 Å². The van der Waals surface area contributed by atoms with Crippen LogP contribution in [0.15, 0.2) is 30.5 Å². The molecule has 1 N–H and O–H groups in total. The summed E-state index contributed by atoms with van der Waals surface area (Å²) in [5.41, 5.74) is 0.944. The van der Waals surface area contributed by atoms with E-state index in [4.69, 9.17) is 9.84 Å². The summed E-state index contributed by atoms with van der Waals surface area (Å²) in [7, 11) is 0. The van der Waals surface area contributed by atoms with Crippen LogP contribution in [0, 0.1) is 17.6 Å². The number of aldehydes is 1. The van der Waals surface area contributed by atoms with Crippen molar-refractivity contribution in [2.45, 2.75) is 44.6 Å². The van der Waals surface area contributed by atoms with Gasteiger partial charge < -0.3 is 14.6 Å². The number of carbonyl (C=O) groups excluding carboxylic acids is 1. The van der Waals surface area contributed by atoms with E-state index in [-0.39, 0.29) is 24.7 Å². The highest BCUT2D eigenvalue weighted by atomic mass is 19.1. The van der Waals surface area contributed by atoms with E-state index in [2.05, 4.69) is 4.98 Å². The van der Waals surface area contributed by atoms with E-state index in [9.17, 15) is 13.6 Å². The monoisotopic (exact) mass is 375 g/mol. The predicted octanol–water partition coefficient (Wildman–Crippen LogP) is 4.09. The first-order valence-corrected chi connectivity index (χ1v) is 9.28. The van der Waals surface area contributed by atoms with Gasteiger partial charge in [-0.2, -0.15) is 0 Å². The number of aliphatic hydroxyl groups excluding tert-OH is 1. The Bertz CT molecular complexity index is 770. The second-order valence-corrected chi connectivity index (χ2v) is 6.92. The van der Waals surface area contributed by atoms with Gasteiger partial charge >= 0.3 is 0 Å². The number of halogens is 2. The molecule has 1 atom stereocenters. The molecule has 1 aromatic heterocycles. The van der Waals surface area contributed by atoms with Gasteiger partial charge in [0.2, 0.25) is 5.88 Å². The van der Waals surface area contributed by atoms with Crippen molar-refractivity contribution in [3.8, 4) is 17.0 Å². The highest BCUT2D eigenvalue weighted by Gasteiger charge is 2.22. The standard InChI is InChI=1S/C21H23F2NO3/c22-19-10-15(11-20(23)18(19)7-1-4-14(12-25)13-26)17-8-3-9-24-21(17)27-16-5-2-6-16/h3,8-12,14,16,26H,1-2,4-7,13H2. The molecule has 1 aliphatic rings. The predicted molar refractivity (Wildman–Crippen MR) is 97.4 cm³/mol. The Morgan fingerprint density at radius 3 is 2.63 bits per heavy atom. The molecular weight excluding hydrogens is 352 g/mol. The second-order valence-electron chi connectivity index (χ2n) is 6.92. The van der Waals surface area contributed by atoms with E-state index >= 15 is 0 Å². The summed E-state index contributed by atoms with van der Waals surface area (Å²) in [6, 6.07) is 6.05. The molecule has 6 heteroatoms. The van der Waals surface area contributed by atoms with Crippen molar-refractivity contribution in [1.82, 2.24) is 4.98 Å². The lowest BCUT2D eigenvalue weighted by atomic mass is 9.96. The van der Waals surface area contributed by atoms with Crippen LogP contribution < -0.4 is 4.74 Å². The molecule has 0 spiro atoms. The fourth-order valence-corrected chi connectivity index (χ4v) is 3.09. The van der Waals surface area contributed by atoms with Crippen molar-refractivity contribution in [2.24, 2.45) is 5.92 Å². The zero-order chi connectivity index (χ0) is 19.2. The molecule has 0 aliphatic heterocycles. The molecule has 4 nitrogen and oxygen atoms in total. The topological polar surface area (TPSA) is 59.4 Å². The number of hydrogen-bond donors (Lipinski definition) is 1. The second kappa shape index (κ2) is 9.04. The van der Waals surface area contributed by atoms with E-state index in [1.165, 1.54) is 12.1 Å². The van der Waals surface area contributed by atoms with E-state index < -0.39 is 17.6 Å². The molecule has 1 fully saturated rings.